The van der Waals surface area contributed by atoms with Gasteiger partial charge in [-0.2, -0.15) is 4.31 Å². The maximum atomic E-state index is 13.4. The quantitative estimate of drug-likeness (QED) is 0.649. The predicted molar refractivity (Wildman–Crippen MR) is 131 cm³/mol. The summed E-state index contributed by atoms with van der Waals surface area (Å²) in [6.07, 6.45) is 3.87. The molecule has 0 unspecified atom stereocenters. The number of amides is 2. The first-order valence-electron chi connectivity index (χ1n) is 11.1. The van der Waals surface area contributed by atoms with E-state index in [1.54, 1.807) is 34.9 Å². The molecular weight excluding hydrogens is 458 g/mol. The van der Waals surface area contributed by atoms with E-state index in [1.807, 2.05) is 37.4 Å². The lowest BCUT2D eigenvalue weighted by Crippen LogP contribution is -2.43. The maximum absolute atomic E-state index is 13.4. The molecule has 1 N–H and O–H groups in total. The Kier molecular flexibility index (Phi) is 6.83. The Balaban J connectivity index is 1.50. The molecule has 2 aromatic carbocycles. The molecule has 176 valence electrons. The molecule has 0 aliphatic carbocycles. The Morgan fingerprint density at radius 3 is 2.67 bits per heavy atom. The zero-order valence-corrected chi connectivity index (χ0v) is 20.7. The number of benzene rings is 2. The first kappa shape index (κ1) is 23.8. The van der Waals surface area contributed by atoms with Crippen molar-refractivity contribution in [2.45, 2.75) is 48.9 Å². The average Bonchev–Trinajstić information content (AvgIpc) is 3.14. The summed E-state index contributed by atoms with van der Waals surface area (Å²) < 4.78 is 28.2. The number of carbonyl (C=O) groups is 2. The summed E-state index contributed by atoms with van der Waals surface area (Å²) in [5.74, 6) is -0.619. The first-order chi connectivity index (χ1) is 15.7. The van der Waals surface area contributed by atoms with Gasteiger partial charge >= 0.3 is 0 Å². The van der Waals surface area contributed by atoms with Crippen LogP contribution in [0.5, 0.6) is 0 Å². The van der Waals surface area contributed by atoms with Crippen molar-refractivity contribution < 1.29 is 18.0 Å². The summed E-state index contributed by atoms with van der Waals surface area (Å²) >= 11 is 1.60. The van der Waals surface area contributed by atoms with Gasteiger partial charge in [0, 0.05) is 42.3 Å². The molecule has 4 rings (SSSR count). The van der Waals surface area contributed by atoms with Gasteiger partial charge in [0.05, 0.1) is 10.8 Å². The standard InChI is InChI=1S/C24H29N3O4S2/c1-16-12-19-13-22(9-10-23(19)27(16)17(2)28)33(30,31)26-11-5-6-18(15-26)24(29)25-20-7-4-8-21(14-20)32-3/h4,7-10,13-14,16,18H,5-6,11-12,15H2,1-3H3,(H,25,29)/t16-,18-/m1/s1. The van der Waals surface area contributed by atoms with E-state index in [9.17, 15) is 18.0 Å². The van der Waals surface area contributed by atoms with Crippen LogP contribution in [0.1, 0.15) is 32.3 Å². The number of piperidine rings is 1. The summed E-state index contributed by atoms with van der Waals surface area (Å²) in [4.78, 5) is 27.8. The van der Waals surface area contributed by atoms with E-state index in [0.29, 0.717) is 25.8 Å². The van der Waals surface area contributed by atoms with Gasteiger partial charge < -0.3 is 10.2 Å². The number of thioether (sulfide) groups is 1. The lowest BCUT2D eigenvalue weighted by atomic mass is 9.99. The monoisotopic (exact) mass is 487 g/mol. The van der Waals surface area contributed by atoms with Crippen LogP contribution in [0.25, 0.3) is 0 Å². The Morgan fingerprint density at radius 1 is 1.15 bits per heavy atom. The SMILES string of the molecule is CSc1cccc(NC(=O)[C@@H]2CCCN(S(=O)(=O)c3ccc4c(c3)C[C@@H](C)N4C(C)=O)C2)c1. The number of carbonyl (C=O) groups excluding carboxylic acids is 2. The molecule has 33 heavy (non-hydrogen) atoms. The lowest BCUT2D eigenvalue weighted by molar-refractivity contribution is -0.121. The summed E-state index contributed by atoms with van der Waals surface area (Å²) in [5, 5.41) is 2.94. The van der Waals surface area contributed by atoms with Crippen molar-refractivity contribution in [2.24, 2.45) is 5.92 Å². The number of hydrogen-bond donors (Lipinski definition) is 1. The smallest absolute Gasteiger partial charge is 0.243 e. The van der Waals surface area contributed by atoms with Crippen molar-refractivity contribution in [1.29, 1.82) is 0 Å². The van der Waals surface area contributed by atoms with Crippen molar-refractivity contribution in [3.63, 3.8) is 0 Å². The fraction of sp³-hybridized carbons (Fsp3) is 0.417. The van der Waals surface area contributed by atoms with Crippen molar-refractivity contribution >= 4 is 45.0 Å². The van der Waals surface area contributed by atoms with Crippen molar-refractivity contribution in [2.75, 3.05) is 29.6 Å². The van der Waals surface area contributed by atoms with Crippen LogP contribution in [-0.2, 0) is 26.0 Å². The molecule has 0 radical (unpaired) electrons. The number of nitrogens with one attached hydrogen (secondary N) is 1. The highest BCUT2D eigenvalue weighted by molar-refractivity contribution is 7.98. The van der Waals surface area contributed by atoms with Gasteiger partial charge in [0.2, 0.25) is 21.8 Å². The van der Waals surface area contributed by atoms with Crippen LogP contribution in [0.3, 0.4) is 0 Å². The molecule has 0 saturated carbocycles. The maximum Gasteiger partial charge on any atom is 0.243 e. The van der Waals surface area contributed by atoms with E-state index in [4.69, 9.17) is 0 Å². The Hall–Kier alpha value is -2.36. The summed E-state index contributed by atoms with van der Waals surface area (Å²) in [6.45, 7) is 4.02. The minimum absolute atomic E-state index is 0.00290. The van der Waals surface area contributed by atoms with E-state index in [1.165, 1.54) is 11.2 Å². The van der Waals surface area contributed by atoms with Gasteiger partial charge in [-0.1, -0.05) is 6.07 Å². The first-order valence-corrected chi connectivity index (χ1v) is 13.7. The van der Waals surface area contributed by atoms with Crippen molar-refractivity contribution in [1.82, 2.24) is 4.31 Å². The van der Waals surface area contributed by atoms with Crippen LogP contribution in [0, 0.1) is 5.92 Å². The molecule has 1 fully saturated rings. The molecule has 9 heteroatoms. The molecule has 2 aliphatic heterocycles. The van der Waals surface area contributed by atoms with Gasteiger partial charge in [-0.15, -0.1) is 11.8 Å². The average molecular weight is 488 g/mol. The van der Waals surface area contributed by atoms with Crippen LogP contribution in [0.4, 0.5) is 11.4 Å². The molecule has 2 amide bonds. The number of fused-ring (bicyclic) bond motifs is 1. The van der Waals surface area contributed by atoms with Crippen LogP contribution in [0.15, 0.2) is 52.3 Å². The molecule has 2 aliphatic rings. The molecule has 0 bridgehead atoms. The number of nitrogens with zero attached hydrogens (tertiary/aromatic N) is 2. The molecule has 2 aromatic rings. The lowest BCUT2D eigenvalue weighted by Gasteiger charge is -2.31. The molecule has 0 aromatic heterocycles. The summed E-state index contributed by atoms with van der Waals surface area (Å²) in [7, 11) is -3.74. The van der Waals surface area contributed by atoms with E-state index in [0.717, 1.165) is 21.8 Å². The second-order valence-electron chi connectivity index (χ2n) is 8.66. The number of hydrogen-bond acceptors (Lipinski definition) is 5. The van der Waals surface area contributed by atoms with Crippen LogP contribution in [0.2, 0.25) is 0 Å². The number of anilines is 2. The topological polar surface area (TPSA) is 86.8 Å². The number of sulfonamides is 1. The second-order valence-corrected chi connectivity index (χ2v) is 11.5. The van der Waals surface area contributed by atoms with E-state index < -0.39 is 15.9 Å². The van der Waals surface area contributed by atoms with Crippen LogP contribution >= 0.6 is 11.8 Å². The Bertz CT molecular complexity index is 1180. The fourth-order valence-electron chi connectivity index (χ4n) is 4.72. The van der Waals surface area contributed by atoms with Crippen LogP contribution in [-0.4, -0.2) is 49.9 Å². The highest BCUT2D eigenvalue weighted by atomic mass is 32.2. The predicted octanol–water partition coefficient (Wildman–Crippen LogP) is 3.75. The van der Waals surface area contributed by atoms with Gasteiger partial charge in [0.25, 0.3) is 0 Å². The van der Waals surface area contributed by atoms with Gasteiger partial charge in [-0.05, 0) is 74.4 Å². The molecule has 2 heterocycles. The molecule has 0 spiro atoms. The van der Waals surface area contributed by atoms with Gasteiger partial charge in [-0.3, -0.25) is 9.59 Å². The van der Waals surface area contributed by atoms with E-state index in [2.05, 4.69) is 5.32 Å². The third kappa shape index (κ3) is 4.81. The highest BCUT2D eigenvalue weighted by Crippen LogP contribution is 2.35. The second kappa shape index (κ2) is 9.48. The minimum Gasteiger partial charge on any atom is -0.326 e. The molecule has 1 saturated heterocycles. The zero-order valence-electron chi connectivity index (χ0n) is 19.1. The largest absolute Gasteiger partial charge is 0.326 e. The highest BCUT2D eigenvalue weighted by Gasteiger charge is 2.35. The Labute approximate surface area is 199 Å². The summed E-state index contributed by atoms with van der Waals surface area (Å²) in [6, 6.07) is 12.6. The van der Waals surface area contributed by atoms with E-state index >= 15 is 0 Å². The molecule has 2 atom stereocenters. The van der Waals surface area contributed by atoms with E-state index in [-0.39, 0.29) is 29.3 Å². The third-order valence-corrected chi connectivity index (χ3v) is 8.92. The summed E-state index contributed by atoms with van der Waals surface area (Å²) in [5.41, 5.74) is 2.35. The van der Waals surface area contributed by atoms with Crippen LogP contribution < -0.4 is 10.2 Å². The van der Waals surface area contributed by atoms with Gasteiger partial charge in [-0.25, -0.2) is 8.42 Å². The van der Waals surface area contributed by atoms with Crippen molar-refractivity contribution in [3.8, 4) is 0 Å². The third-order valence-electron chi connectivity index (χ3n) is 6.34. The van der Waals surface area contributed by atoms with Gasteiger partial charge in [0.1, 0.15) is 0 Å². The minimum atomic E-state index is -3.74. The fourth-order valence-corrected chi connectivity index (χ4v) is 6.75. The number of rotatable bonds is 5. The van der Waals surface area contributed by atoms with Crippen molar-refractivity contribution in [3.05, 3.63) is 48.0 Å². The van der Waals surface area contributed by atoms with Gasteiger partial charge in [0.15, 0.2) is 0 Å². The zero-order chi connectivity index (χ0) is 23.8. The molecule has 7 nitrogen and oxygen atoms in total. The Morgan fingerprint density at radius 2 is 1.94 bits per heavy atom. The normalized spacial score (nSPS) is 21.0. The molecular formula is C24H29N3O4S2.